The molecule has 2 aromatic rings. The highest BCUT2D eigenvalue weighted by Crippen LogP contribution is 2.35. The number of nitrogens with one attached hydrogen (secondary N) is 2. The van der Waals surface area contributed by atoms with Gasteiger partial charge in [-0.3, -0.25) is 15.1 Å². The van der Waals surface area contributed by atoms with Gasteiger partial charge in [-0.1, -0.05) is 44.9 Å². The summed E-state index contributed by atoms with van der Waals surface area (Å²) in [6.45, 7) is 6.53. The van der Waals surface area contributed by atoms with E-state index >= 15 is 0 Å². The van der Waals surface area contributed by atoms with E-state index in [1.807, 2.05) is 19.1 Å². The van der Waals surface area contributed by atoms with Crippen LogP contribution in [-0.2, 0) is 4.79 Å². The molecule has 1 aromatic heterocycles. The van der Waals surface area contributed by atoms with E-state index in [9.17, 15) is 9.18 Å². The molecule has 156 valence electrons. The number of aryl methyl sites for hydroxylation is 1. The number of hydrogen-bond donors (Lipinski definition) is 2. The summed E-state index contributed by atoms with van der Waals surface area (Å²) >= 11 is 0. The highest BCUT2D eigenvalue weighted by Gasteiger charge is 2.28. The minimum absolute atomic E-state index is 0.0118. The maximum Gasteiger partial charge on any atom is 0.234 e. The summed E-state index contributed by atoms with van der Waals surface area (Å²) in [7, 11) is 0. The molecule has 0 spiro atoms. The third kappa shape index (κ3) is 5.63. The van der Waals surface area contributed by atoms with E-state index in [-0.39, 0.29) is 30.4 Å². The van der Waals surface area contributed by atoms with Crippen molar-refractivity contribution in [2.24, 2.45) is 11.8 Å². The van der Waals surface area contributed by atoms with Crippen LogP contribution in [0.4, 0.5) is 4.39 Å². The number of benzene rings is 1. The number of halogens is 1. The quantitative estimate of drug-likeness (QED) is 0.669. The predicted molar refractivity (Wildman–Crippen MR) is 114 cm³/mol. The van der Waals surface area contributed by atoms with Gasteiger partial charge in [0.05, 0.1) is 24.3 Å². The van der Waals surface area contributed by atoms with Crippen LogP contribution in [0, 0.1) is 24.6 Å². The maximum absolute atomic E-state index is 13.4. The van der Waals surface area contributed by atoms with Crippen LogP contribution < -0.4 is 10.6 Å². The molecule has 0 aliphatic heterocycles. The molecule has 0 bridgehead atoms. The summed E-state index contributed by atoms with van der Waals surface area (Å²) in [4.78, 5) is 17.4. The summed E-state index contributed by atoms with van der Waals surface area (Å²) < 4.78 is 13.4. The third-order valence-electron chi connectivity index (χ3n) is 5.91. The van der Waals surface area contributed by atoms with Crippen molar-refractivity contribution >= 4 is 5.91 Å². The van der Waals surface area contributed by atoms with Crippen LogP contribution in [0.5, 0.6) is 0 Å². The Bertz CT molecular complexity index is 800. The lowest BCUT2D eigenvalue weighted by molar-refractivity contribution is -0.121. The van der Waals surface area contributed by atoms with Gasteiger partial charge in [-0.2, -0.15) is 0 Å². The number of aromatic nitrogens is 1. The van der Waals surface area contributed by atoms with Gasteiger partial charge in [0.2, 0.25) is 5.91 Å². The standard InChI is InChI=1S/C24H32FN3O/c1-16(2)22(23-17(3)7-6-14-26-23)27-15-21(29)28-24(18-8-4-5-9-18)19-10-12-20(25)13-11-19/h6-7,10-14,16,18,22,24,27H,4-5,8-9,15H2,1-3H3,(H,28,29). The maximum atomic E-state index is 13.4. The van der Waals surface area contributed by atoms with Crippen molar-refractivity contribution in [2.45, 2.75) is 58.5 Å². The second kappa shape index (κ2) is 9.97. The average Bonchev–Trinajstić information content (AvgIpc) is 3.23. The van der Waals surface area contributed by atoms with Gasteiger partial charge < -0.3 is 5.32 Å². The highest BCUT2D eigenvalue weighted by atomic mass is 19.1. The minimum Gasteiger partial charge on any atom is -0.348 e. The topological polar surface area (TPSA) is 54.0 Å². The molecule has 1 amide bonds. The lowest BCUT2D eigenvalue weighted by atomic mass is 9.91. The van der Waals surface area contributed by atoms with Crippen molar-refractivity contribution < 1.29 is 9.18 Å². The largest absolute Gasteiger partial charge is 0.348 e. The molecule has 29 heavy (non-hydrogen) atoms. The molecule has 1 aliphatic rings. The molecule has 1 aliphatic carbocycles. The van der Waals surface area contributed by atoms with E-state index < -0.39 is 0 Å². The Kier molecular flexibility index (Phi) is 7.37. The fraction of sp³-hybridized carbons (Fsp3) is 0.500. The lowest BCUT2D eigenvalue weighted by Gasteiger charge is -2.27. The smallest absolute Gasteiger partial charge is 0.234 e. The predicted octanol–water partition coefficient (Wildman–Crippen LogP) is 4.86. The number of hydrogen-bond acceptors (Lipinski definition) is 3. The van der Waals surface area contributed by atoms with Crippen LogP contribution in [0.1, 0.15) is 68.4 Å². The molecule has 3 rings (SSSR count). The summed E-state index contributed by atoms with van der Waals surface area (Å²) in [5, 5.41) is 6.61. The van der Waals surface area contributed by atoms with E-state index in [1.54, 1.807) is 18.3 Å². The molecular weight excluding hydrogens is 365 g/mol. The number of carbonyl (C=O) groups excluding carboxylic acids is 1. The molecule has 1 saturated carbocycles. The van der Waals surface area contributed by atoms with E-state index in [4.69, 9.17) is 0 Å². The van der Waals surface area contributed by atoms with Crippen LogP contribution in [0.2, 0.25) is 0 Å². The Morgan fingerprint density at radius 3 is 2.48 bits per heavy atom. The first kappa shape index (κ1) is 21.4. The second-order valence-electron chi connectivity index (χ2n) is 8.45. The Morgan fingerprint density at radius 1 is 1.17 bits per heavy atom. The van der Waals surface area contributed by atoms with E-state index in [1.165, 1.54) is 25.0 Å². The number of pyridine rings is 1. The molecule has 1 aromatic carbocycles. The van der Waals surface area contributed by atoms with Crippen molar-refractivity contribution in [3.05, 3.63) is 65.2 Å². The van der Waals surface area contributed by atoms with Crippen molar-refractivity contribution in [3.63, 3.8) is 0 Å². The van der Waals surface area contributed by atoms with Crippen molar-refractivity contribution in [1.29, 1.82) is 0 Å². The Balaban J connectivity index is 1.67. The summed E-state index contributed by atoms with van der Waals surface area (Å²) in [5.41, 5.74) is 3.09. The van der Waals surface area contributed by atoms with Crippen LogP contribution >= 0.6 is 0 Å². The zero-order valence-corrected chi connectivity index (χ0v) is 17.6. The molecule has 4 nitrogen and oxygen atoms in total. The van der Waals surface area contributed by atoms with Crippen LogP contribution in [0.25, 0.3) is 0 Å². The van der Waals surface area contributed by atoms with Gasteiger partial charge in [0, 0.05) is 6.20 Å². The zero-order chi connectivity index (χ0) is 20.8. The monoisotopic (exact) mass is 397 g/mol. The molecule has 2 atom stereocenters. The first-order valence-corrected chi connectivity index (χ1v) is 10.7. The van der Waals surface area contributed by atoms with Gasteiger partial charge in [0.1, 0.15) is 5.82 Å². The number of carbonyl (C=O) groups is 1. The second-order valence-corrected chi connectivity index (χ2v) is 8.45. The fourth-order valence-corrected chi connectivity index (χ4v) is 4.33. The van der Waals surface area contributed by atoms with Crippen LogP contribution in [0.3, 0.4) is 0 Å². The minimum atomic E-state index is -0.252. The molecule has 0 radical (unpaired) electrons. The molecular formula is C24H32FN3O. The summed E-state index contributed by atoms with van der Waals surface area (Å²) in [6, 6.07) is 10.4. The van der Waals surface area contributed by atoms with Gasteiger partial charge in [-0.05, 0) is 60.9 Å². The Morgan fingerprint density at radius 2 is 1.86 bits per heavy atom. The number of amides is 1. The van der Waals surface area contributed by atoms with Gasteiger partial charge in [0.15, 0.2) is 0 Å². The first-order chi connectivity index (χ1) is 14.0. The Hall–Kier alpha value is -2.27. The summed E-state index contributed by atoms with van der Waals surface area (Å²) in [5.74, 6) is 0.422. The van der Waals surface area contributed by atoms with Crippen LogP contribution in [-0.4, -0.2) is 17.4 Å². The van der Waals surface area contributed by atoms with E-state index in [0.29, 0.717) is 11.8 Å². The van der Waals surface area contributed by atoms with Crippen LogP contribution in [0.15, 0.2) is 42.6 Å². The average molecular weight is 398 g/mol. The van der Waals surface area contributed by atoms with Crippen molar-refractivity contribution in [3.8, 4) is 0 Å². The van der Waals surface area contributed by atoms with Crippen molar-refractivity contribution in [2.75, 3.05) is 6.54 Å². The van der Waals surface area contributed by atoms with E-state index in [0.717, 1.165) is 29.7 Å². The lowest BCUT2D eigenvalue weighted by Crippen LogP contribution is -2.41. The van der Waals surface area contributed by atoms with Gasteiger partial charge in [-0.15, -0.1) is 0 Å². The van der Waals surface area contributed by atoms with Crippen molar-refractivity contribution in [1.82, 2.24) is 15.6 Å². The van der Waals surface area contributed by atoms with E-state index in [2.05, 4.69) is 29.5 Å². The first-order valence-electron chi connectivity index (χ1n) is 10.7. The molecule has 2 unspecified atom stereocenters. The molecule has 5 heteroatoms. The molecule has 2 N–H and O–H groups in total. The van der Waals surface area contributed by atoms with Gasteiger partial charge >= 0.3 is 0 Å². The molecule has 0 saturated heterocycles. The zero-order valence-electron chi connectivity index (χ0n) is 17.6. The Labute approximate surface area is 173 Å². The van der Waals surface area contributed by atoms with Gasteiger partial charge in [0.25, 0.3) is 0 Å². The van der Waals surface area contributed by atoms with Gasteiger partial charge in [-0.25, -0.2) is 4.39 Å². The summed E-state index contributed by atoms with van der Waals surface area (Å²) in [6.07, 6.45) is 6.36. The fourth-order valence-electron chi connectivity index (χ4n) is 4.33. The molecule has 1 heterocycles. The third-order valence-corrected chi connectivity index (χ3v) is 5.91. The SMILES string of the molecule is Cc1cccnc1C(NCC(=O)NC(c1ccc(F)cc1)C1CCCC1)C(C)C. The number of nitrogens with zero attached hydrogens (tertiary/aromatic N) is 1. The molecule has 1 fully saturated rings. The number of rotatable bonds is 8. The highest BCUT2D eigenvalue weighted by molar-refractivity contribution is 5.78. The normalized spacial score (nSPS) is 16.7.